The summed E-state index contributed by atoms with van der Waals surface area (Å²) in [6.07, 6.45) is 0. The maximum Gasteiger partial charge on any atom is 0.136 e. The molecule has 3 nitrogen and oxygen atoms in total. The molecule has 0 unspecified atom stereocenters. The number of hydrogen-bond acceptors (Lipinski definition) is 3. The van der Waals surface area contributed by atoms with E-state index in [0.29, 0.717) is 17.9 Å². The minimum absolute atomic E-state index is 0.431. The number of rotatable bonds is 3. The second-order valence-electron chi connectivity index (χ2n) is 2.54. The molecular formula is C10H11NO2. The third-order valence-corrected chi connectivity index (χ3v) is 1.74. The molecule has 68 valence electrons. The van der Waals surface area contributed by atoms with Gasteiger partial charge in [0.05, 0.1) is 19.3 Å². The fourth-order valence-electron chi connectivity index (χ4n) is 1.15. The van der Waals surface area contributed by atoms with E-state index < -0.39 is 0 Å². The molecule has 0 bridgehead atoms. The minimum Gasteiger partial charge on any atom is -0.495 e. The van der Waals surface area contributed by atoms with E-state index >= 15 is 0 Å². The first-order valence-corrected chi connectivity index (χ1v) is 3.88. The van der Waals surface area contributed by atoms with Gasteiger partial charge in [-0.1, -0.05) is 12.1 Å². The van der Waals surface area contributed by atoms with Crippen LogP contribution in [0, 0.1) is 11.3 Å². The molecule has 0 aliphatic heterocycles. The smallest absolute Gasteiger partial charge is 0.136 e. The lowest BCUT2D eigenvalue weighted by molar-refractivity contribution is 0.184. The highest BCUT2D eigenvalue weighted by molar-refractivity contribution is 5.48. The number of nitrogens with zero attached hydrogens (tertiary/aromatic N) is 1. The zero-order valence-corrected chi connectivity index (χ0v) is 7.70. The Hall–Kier alpha value is -1.53. The lowest BCUT2D eigenvalue weighted by atomic mass is 10.1. The molecule has 0 saturated heterocycles. The summed E-state index contributed by atoms with van der Waals surface area (Å²) >= 11 is 0. The molecule has 0 amide bonds. The van der Waals surface area contributed by atoms with E-state index in [4.69, 9.17) is 14.7 Å². The highest BCUT2D eigenvalue weighted by Gasteiger charge is 2.06. The van der Waals surface area contributed by atoms with Gasteiger partial charge in [-0.15, -0.1) is 0 Å². The predicted octanol–water partition coefficient (Wildman–Crippen LogP) is 1.71. The first-order valence-electron chi connectivity index (χ1n) is 3.88. The van der Waals surface area contributed by atoms with E-state index in [9.17, 15) is 0 Å². The van der Waals surface area contributed by atoms with E-state index in [1.807, 2.05) is 12.1 Å². The predicted molar refractivity (Wildman–Crippen MR) is 48.4 cm³/mol. The summed E-state index contributed by atoms with van der Waals surface area (Å²) in [5.74, 6) is 0.594. The maximum atomic E-state index is 8.87. The van der Waals surface area contributed by atoms with Gasteiger partial charge in [0.25, 0.3) is 0 Å². The van der Waals surface area contributed by atoms with Crippen LogP contribution < -0.4 is 4.74 Å². The molecule has 13 heavy (non-hydrogen) atoms. The van der Waals surface area contributed by atoms with Crippen molar-refractivity contribution in [3.05, 3.63) is 29.3 Å². The van der Waals surface area contributed by atoms with Crippen LogP contribution in [0.15, 0.2) is 18.2 Å². The standard InChI is InChI=1S/C10H11NO2/c1-12-7-8-4-3-5-10(13-2)9(8)6-11/h3-5H,7H2,1-2H3. The Morgan fingerprint density at radius 2 is 2.15 bits per heavy atom. The lowest BCUT2D eigenvalue weighted by Gasteiger charge is -2.06. The van der Waals surface area contributed by atoms with Gasteiger partial charge in [-0.25, -0.2) is 0 Å². The normalized spacial score (nSPS) is 9.31. The van der Waals surface area contributed by atoms with Crippen LogP contribution in [0.3, 0.4) is 0 Å². The van der Waals surface area contributed by atoms with Crippen LogP contribution in [0.25, 0.3) is 0 Å². The molecule has 0 N–H and O–H groups in total. The fourth-order valence-corrected chi connectivity index (χ4v) is 1.15. The van der Waals surface area contributed by atoms with Gasteiger partial charge in [-0.05, 0) is 11.6 Å². The summed E-state index contributed by atoms with van der Waals surface area (Å²) < 4.78 is 10.0. The molecule has 3 heteroatoms. The Morgan fingerprint density at radius 1 is 1.38 bits per heavy atom. The Labute approximate surface area is 77.5 Å². The molecule has 1 rings (SSSR count). The number of methoxy groups -OCH3 is 2. The van der Waals surface area contributed by atoms with E-state index in [1.165, 1.54) is 0 Å². The van der Waals surface area contributed by atoms with Gasteiger partial charge < -0.3 is 9.47 Å². The summed E-state index contributed by atoms with van der Waals surface area (Å²) in [5, 5.41) is 8.87. The van der Waals surface area contributed by atoms with Crippen LogP contribution in [-0.4, -0.2) is 14.2 Å². The third kappa shape index (κ3) is 1.98. The largest absolute Gasteiger partial charge is 0.495 e. The van der Waals surface area contributed by atoms with Gasteiger partial charge in [0.1, 0.15) is 11.8 Å². The van der Waals surface area contributed by atoms with Gasteiger partial charge in [0, 0.05) is 7.11 Å². The molecule has 1 aromatic carbocycles. The Balaban J connectivity index is 3.13. The van der Waals surface area contributed by atoms with Crippen molar-refractivity contribution in [2.75, 3.05) is 14.2 Å². The zero-order chi connectivity index (χ0) is 9.68. The fraction of sp³-hybridized carbons (Fsp3) is 0.300. The van der Waals surface area contributed by atoms with E-state index in [0.717, 1.165) is 5.56 Å². The van der Waals surface area contributed by atoms with Gasteiger partial charge in [-0.3, -0.25) is 0 Å². The third-order valence-electron chi connectivity index (χ3n) is 1.74. The topological polar surface area (TPSA) is 42.2 Å². The van der Waals surface area contributed by atoms with Crippen molar-refractivity contribution in [3.8, 4) is 11.8 Å². The molecule has 0 spiro atoms. The monoisotopic (exact) mass is 177 g/mol. The molecule has 0 saturated carbocycles. The van der Waals surface area contributed by atoms with Crippen LogP contribution in [0.4, 0.5) is 0 Å². The Bertz CT molecular complexity index is 328. The molecule has 0 aromatic heterocycles. The highest BCUT2D eigenvalue weighted by atomic mass is 16.5. The second kappa shape index (κ2) is 4.48. The first kappa shape index (κ1) is 9.56. The van der Waals surface area contributed by atoms with Gasteiger partial charge in [0.15, 0.2) is 0 Å². The van der Waals surface area contributed by atoms with E-state index in [1.54, 1.807) is 20.3 Å². The Kier molecular flexibility index (Phi) is 3.30. The Morgan fingerprint density at radius 3 is 2.69 bits per heavy atom. The summed E-state index contributed by atoms with van der Waals surface area (Å²) in [7, 11) is 3.15. The van der Waals surface area contributed by atoms with Gasteiger partial charge >= 0.3 is 0 Å². The average molecular weight is 177 g/mol. The molecule has 0 fully saturated rings. The number of hydrogen-bond donors (Lipinski definition) is 0. The van der Waals surface area contributed by atoms with Crippen molar-refractivity contribution in [1.29, 1.82) is 5.26 Å². The van der Waals surface area contributed by atoms with Gasteiger partial charge in [0.2, 0.25) is 0 Å². The summed E-state index contributed by atoms with van der Waals surface area (Å²) in [4.78, 5) is 0. The van der Waals surface area contributed by atoms with E-state index in [-0.39, 0.29) is 0 Å². The van der Waals surface area contributed by atoms with Crippen molar-refractivity contribution in [2.45, 2.75) is 6.61 Å². The summed E-state index contributed by atoms with van der Waals surface area (Å²) in [6.45, 7) is 0.431. The van der Waals surface area contributed by atoms with Gasteiger partial charge in [-0.2, -0.15) is 5.26 Å². The van der Waals surface area contributed by atoms with E-state index in [2.05, 4.69) is 6.07 Å². The molecule has 0 radical (unpaired) electrons. The molecule has 0 atom stereocenters. The van der Waals surface area contributed by atoms with Crippen LogP contribution in [-0.2, 0) is 11.3 Å². The average Bonchev–Trinajstić information content (AvgIpc) is 2.18. The number of ether oxygens (including phenoxy) is 2. The number of benzene rings is 1. The van der Waals surface area contributed by atoms with Crippen molar-refractivity contribution in [1.82, 2.24) is 0 Å². The van der Waals surface area contributed by atoms with Crippen LogP contribution >= 0.6 is 0 Å². The van der Waals surface area contributed by atoms with Crippen LogP contribution in [0.1, 0.15) is 11.1 Å². The molecular weight excluding hydrogens is 166 g/mol. The first-order chi connectivity index (χ1) is 6.33. The molecule has 0 heterocycles. The molecule has 0 aliphatic rings. The van der Waals surface area contributed by atoms with Crippen LogP contribution in [0.5, 0.6) is 5.75 Å². The molecule has 0 aliphatic carbocycles. The van der Waals surface area contributed by atoms with Crippen molar-refractivity contribution >= 4 is 0 Å². The lowest BCUT2D eigenvalue weighted by Crippen LogP contribution is -1.95. The SMILES string of the molecule is COCc1cccc(OC)c1C#N. The highest BCUT2D eigenvalue weighted by Crippen LogP contribution is 2.21. The molecule has 1 aromatic rings. The summed E-state index contributed by atoms with van der Waals surface area (Å²) in [5.41, 5.74) is 1.40. The number of nitriles is 1. The zero-order valence-electron chi connectivity index (χ0n) is 7.70. The van der Waals surface area contributed by atoms with Crippen LogP contribution in [0.2, 0.25) is 0 Å². The summed E-state index contributed by atoms with van der Waals surface area (Å²) in [6, 6.07) is 7.55. The van der Waals surface area contributed by atoms with Crippen molar-refractivity contribution in [3.63, 3.8) is 0 Å². The minimum atomic E-state index is 0.431. The second-order valence-corrected chi connectivity index (χ2v) is 2.54. The van der Waals surface area contributed by atoms with Crippen molar-refractivity contribution in [2.24, 2.45) is 0 Å². The quantitative estimate of drug-likeness (QED) is 0.705. The maximum absolute atomic E-state index is 8.87. The van der Waals surface area contributed by atoms with Crippen molar-refractivity contribution < 1.29 is 9.47 Å².